The van der Waals surface area contributed by atoms with Crippen LogP contribution < -0.4 is 5.32 Å². The van der Waals surface area contributed by atoms with Crippen LogP contribution in [0.2, 0.25) is 0 Å². The Kier molecular flexibility index (Phi) is 4.76. The van der Waals surface area contributed by atoms with E-state index in [1.165, 1.54) is 0 Å². The minimum atomic E-state index is -5.15. The molecule has 1 saturated heterocycles. The van der Waals surface area contributed by atoms with Crippen LogP contribution in [0.1, 0.15) is 17.2 Å². The first-order valence-corrected chi connectivity index (χ1v) is 6.63. The second kappa shape index (κ2) is 6.16. The number of rotatable bonds is 2. The zero-order valence-electron chi connectivity index (χ0n) is 11.6. The van der Waals surface area contributed by atoms with Crippen LogP contribution in [0.15, 0.2) is 12.1 Å². The summed E-state index contributed by atoms with van der Waals surface area (Å²) in [5.74, 6) is -3.15. The summed E-state index contributed by atoms with van der Waals surface area (Å²) in [6.45, 7) is -0.0805. The lowest BCUT2D eigenvalue weighted by Gasteiger charge is -2.37. The summed E-state index contributed by atoms with van der Waals surface area (Å²) < 4.78 is 92.8. The van der Waals surface area contributed by atoms with Gasteiger partial charge in [-0.3, -0.25) is 4.90 Å². The number of nitrogens with one attached hydrogen (secondary N) is 1. The lowest BCUT2D eigenvalue weighted by atomic mass is 9.96. The Bertz CT molecular complexity index is 565. The number of halogens is 7. The maximum absolute atomic E-state index is 13.4. The summed E-state index contributed by atoms with van der Waals surface area (Å²) in [5, 5.41) is 12.4. The Morgan fingerprint density at radius 2 is 1.61 bits per heavy atom. The van der Waals surface area contributed by atoms with Gasteiger partial charge in [-0.05, 0) is 12.1 Å². The lowest BCUT2D eigenvalue weighted by Crippen LogP contribution is -2.49. The highest BCUT2D eigenvalue weighted by molar-refractivity contribution is 5.45. The zero-order chi connectivity index (χ0) is 17.4. The fourth-order valence-electron chi connectivity index (χ4n) is 2.60. The predicted molar refractivity (Wildman–Crippen MR) is 66.3 cm³/mol. The summed E-state index contributed by atoms with van der Waals surface area (Å²) in [5.41, 5.74) is -3.19. The normalized spacial score (nSPS) is 18.9. The number of phenolic OH excluding ortho intramolecular Hbond substituents is 1. The summed E-state index contributed by atoms with van der Waals surface area (Å²) in [6.07, 6.45) is -10.3. The average Bonchev–Trinajstić information content (AvgIpc) is 2.42. The van der Waals surface area contributed by atoms with Crippen molar-refractivity contribution >= 4 is 0 Å². The van der Waals surface area contributed by atoms with Crippen molar-refractivity contribution in [3.63, 3.8) is 0 Å². The van der Waals surface area contributed by atoms with Gasteiger partial charge >= 0.3 is 12.4 Å². The number of hydrogen-bond acceptors (Lipinski definition) is 3. The fourth-order valence-corrected chi connectivity index (χ4v) is 2.60. The summed E-state index contributed by atoms with van der Waals surface area (Å²) >= 11 is 0. The van der Waals surface area contributed by atoms with Crippen molar-refractivity contribution in [2.75, 3.05) is 26.2 Å². The molecule has 0 bridgehead atoms. The molecule has 10 heteroatoms. The molecule has 23 heavy (non-hydrogen) atoms. The molecule has 1 aromatic rings. The number of hydrogen-bond donors (Lipinski definition) is 2. The van der Waals surface area contributed by atoms with E-state index in [1.54, 1.807) is 0 Å². The van der Waals surface area contributed by atoms with Crippen molar-refractivity contribution < 1.29 is 35.8 Å². The van der Waals surface area contributed by atoms with Crippen LogP contribution in [0, 0.1) is 5.82 Å². The highest BCUT2D eigenvalue weighted by Crippen LogP contribution is 2.47. The monoisotopic (exact) mass is 346 g/mol. The van der Waals surface area contributed by atoms with Crippen LogP contribution in [-0.4, -0.2) is 42.4 Å². The van der Waals surface area contributed by atoms with E-state index >= 15 is 0 Å². The van der Waals surface area contributed by atoms with E-state index in [-0.39, 0.29) is 32.2 Å². The van der Waals surface area contributed by atoms with Crippen molar-refractivity contribution in [3.8, 4) is 5.75 Å². The molecular formula is C13H13F7N2O. The molecule has 2 N–H and O–H groups in total. The van der Waals surface area contributed by atoms with Gasteiger partial charge in [0.25, 0.3) is 0 Å². The average molecular weight is 346 g/mol. The molecule has 0 spiro atoms. The van der Waals surface area contributed by atoms with Crippen LogP contribution in [0.3, 0.4) is 0 Å². The lowest BCUT2D eigenvalue weighted by molar-refractivity contribution is -0.191. The van der Waals surface area contributed by atoms with E-state index < -0.39 is 41.1 Å². The molecule has 1 atom stereocenters. The Labute approximate surface area is 126 Å². The van der Waals surface area contributed by atoms with E-state index in [2.05, 4.69) is 5.32 Å². The van der Waals surface area contributed by atoms with E-state index in [9.17, 15) is 35.8 Å². The van der Waals surface area contributed by atoms with E-state index in [4.69, 9.17) is 0 Å². The van der Waals surface area contributed by atoms with Gasteiger partial charge in [-0.25, -0.2) is 4.39 Å². The third kappa shape index (κ3) is 3.69. The molecule has 1 aromatic carbocycles. The fraction of sp³-hybridized carbons (Fsp3) is 0.538. The number of alkyl halides is 6. The van der Waals surface area contributed by atoms with Crippen LogP contribution in [0.5, 0.6) is 5.75 Å². The molecule has 130 valence electrons. The number of aromatic hydroxyl groups is 1. The highest BCUT2D eigenvalue weighted by atomic mass is 19.4. The van der Waals surface area contributed by atoms with Crippen molar-refractivity contribution in [2.24, 2.45) is 0 Å². The topological polar surface area (TPSA) is 35.5 Å². The van der Waals surface area contributed by atoms with Crippen LogP contribution in [-0.2, 0) is 6.18 Å². The summed E-state index contributed by atoms with van der Waals surface area (Å²) in [4.78, 5) is 0.750. The standard InChI is InChI=1S/C13H13F7N2O/c14-8-2-1-7(12(15,16)17)9(10(8)23)11(13(18,19)20)22-5-3-21-4-6-22/h1-2,11,21,23H,3-6H2/t11-/m0/s1. The van der Waals surface area contributed by atoms with Gasteiger partial charge in [0.05, 0.1) is 5.56 Å². The second-order valence-electron chi connectivity index (χ2n) is 5.09. The molecule has 0 amide bonds. The Balaban J connectivity index is 2.64. The van der Waals surface area contributed by atoms with Gasteiger partial charge in [0.2, 0.25) is 0 Å². The maximum atomic E-state index is 13.4. The van der Waals surface area contributed by atoms with Crippen molar-refractivity contribution in [3.05, 3.63) is 29.1 Å². The van der Waals surface area contributed by atoms with Crippen molar-refractivity contribution in [1.29, 1.82) is 0 Å². The predicted octanol–water partition coefficient (Wildman–Crippen LogP) is 3.06. The molecule has 2 rings (SSSR count). The number of benzene rings is 1. The van der Waals surface area contributed by atoms with Gasteiger partial charge in [-0.2, -0.15) is 26.3 Å². The maximum Gasteiger partial charge on any atom is 0.416 e. The van der Waals surface area contributed by atoms with Gasteiger partial charge in [0, 0.05) is 31.7 Å². The van der Waals surface area contributed by atoms with Crippen LogP contribution in [0.4, 0.5) is 30.7 Å². The molecule has 1 heterocycles. The largest absolute Gasteiger partial charge is 0.505 e. The molecule has 1 aliphatic rings. The van der Waals surface area contributed by atoms with Gasteiger partial charge in [0.15, 0.2) is 11.6 Å². The minimum absolute atomic E-state index is 0.143. The Hall–Kier alpha value is -1.55. The quantitative estimate of drug-likeness (QED) is 0.808. The molecule has 0 aliphatic carbocycles. The smallest absolute Gasteiger partial charge is 0.416 e. The molecule has 3 nitrogen and oxygen atoms in total. The third-order valence-corrected chi connectivity index (χ3v) is 3.57. The number of nitrogens with zero attached hydrogens (tertiary/aromatic N) is 1. The molecular weight excluding hydrogens is 333 g/mol. The third-order valence-electron chi connectivity index (χ3n) is 3.57. The van der Waals surface area contributed by atoms with Crippen molar-refractivity contribution in [2.45, 2.75) is 18.4 Å². The summed E-state index contributed by atoms with van der Waals surface area (Å²) in [7, 11) is 0. The first-order valence-electron chi connectivity index (χ1n) is 6.63. The first-order chi connectivity index (χ1) is 10.5. The first kappa shape index (κ1) is 17.8. The zero-order valence-corrected chi connectivity index (χ0v) is 11.6. The number of phenols is 1. The van der Waals surface area contributed by atoms with E-state index in [1.807, 2.05) is 0 Å². The van der Waals surface area contributed by atoms with Gasteiger partial charge in [0.1, 0.15) is 6.04 Å². The minimum Gasteiger partial charge on any atom is -0.505 e. The molecule has 0 unspecified atom stereocenters. The van der Waals surface area contributed by atoms with E-state index in [0.717, 1.165) is 4.90 Å². The molecule has 0 saturated carbocycles. The SMILES string of the molecule is Oc1c(F)ccc(C(F)(F)F)c1[C@H](N1CCNCC1)C(F)(F)F. The highest BCUT2D eigenvalue weighted by Gasteiger charge is 2.50. The summed E-state index contributed by atoms with van der Waals surface area (Å²) in [6, 6.07) is -2.23. The van der Waals surface area contributed by atoms with Gasteiger partial charge in [-0.1, -0.05) is 0 Å². The van der Waals surface area contributed by atoms with Crippen molar-refractivity contribution in [1.82, 2.24) is 10.2 Å². The van der Waals surface area contributed by atoms with E-state index in [0.29, 0.717) is 6.07 Å². The van der Waals surface area contributed by atoms with Gasteiger partial charge in [-0.15, -0.1) is 0 Å². The molecule has 1 fully saturated rings. The molecule has 0 aromatic heterocycles. The van der Waals surface area contributed by atoms with Crippen LogP contribution >= 0.6 is 0 Å². The van der Waals surface area contributed by atoms with Crippen LogP contribution in [0.25, 0.3) is 0 Å². The number of piperazine rings is 1. The Morgan fingerprint density at radius 3 is 2.09 bits per heavy atom. The Morgan fingerprint density at radius 1 is 1.04 bits per heavy atom. The molecule has 1 aliphatic heterocycles. The molecule has 0 radical (unpaired) electrons. The second-order valence-corrected chi connectivity index (χ2v) is 5.09. The van der Waals surface area contributed by atoms with Gasteiger partial charge < -0.3 is 10.4 Å².